The number of nitrogens with zero attached hydrogens (tertiary/aromatic N) is 5. The summed E-state index contributed by atoms with van der Waals surface area (Å²) in [5.74, 6) is -0.121. The van der Waals surface area contributed by atoms with Gasteiger partial charge in [0, 0.05) is 61.6 Å². The summed E-state index contributed by atoms with van der Waals surface area (Å²) < 4.78 is 23.1. The number of carbonyl (C=O) groups is 1. The van der Waals surface area contributed by atoms with Gasteiger partial charge in [-0.1, -0.05) is 0 Å². The lowest BCUT2D eigenvalue weighted by Gasteiger charge is -2.33. The zero-order valence-electron chi connectivity index (χ0n) is 23.4. The first-order valence-electron chi connectivity index (χ1n) is 13.8. The smallest absolute Gasteiger partial charge is 0.307 e. The second-order valence-corrected chi connectivity index (χ2v) is 10.9. The fraction of sp³-hybridized carbons (Fsp3) is 0.387. The van der Waals surface area contributed by atoms with Crippen molar-refractivity contribution in [3.05, 3.63) is 58.7 Å². The number of aromatic nitrogens is 3. The number of carboxylic acids is 1. The molecule has 1 fully saturated rings. The number of aliphatic carboxylic acids is 1. The van der Waals surface area contributed by atoms with Crippen LogP contribution in [0, 0.1) is 19.7 Å². The molecule has 6 rings (SSSR count). The Hall–Kier alpha value is -3.98. The molecule has 2 aliphatic heterocycles. The maximum absolute atomic E-state index is 15.4. The third kappa shape index (κ3) is 4.48. The van der Waals surface area contributed by atoms with Crippen molar-refractivity contribution in [2.45, 2.75) is 33.1 Å². The molecule has 0 unspecified atom stereocenters. The molecule has 0 bridgehead atoms. The number of pyridine rings is 2. The molecule has 0 atom stereocenters. The van der Waals surface area contributed by atoms with Gasteiger partial charge in [-0.2, -0.15) is 0 Å². The Labute approximate surface area is 233 Å². The molecule has 1 aromatic carbocycles. The van der Waals surface area contributed by atoms with Crippen molar-refractivity contribution in [1.29, 1.82) is 0 Å². The molecule has 0 radical (unpaired) electrons. The highest BCUT2D eigenvalue weighted by atomic mass is 19.1. The number of hydrogen-bond acceptors (Lipinski definition) is 6. The number of piperazine rings is 1. The summed E-state index contributed by atoms with van der Waals surface area (Å²) in [7, 11) is 4.10. The molecular weight excluding hydrogens is 509 g/mol. The van der Waals surface area contributed by atoms with Gasteiger partial charge in [-0.25, -0.2) is 14.4 Å². The number of aryl methyl sites for hydroxylation is 2. The third-order valence-electron chi connectivity index (χ3n) is 8.38. The average molecular weight is 544 g/mol. The first-order valence-corrected chi connectivity index (χ1v) is 13.8. The van der Waals surface area contributed by atoms with Crippen molar-refractivity contribution in [2.24, 2.45) is 7.05 Å². The van der Waals surface area contributed by atoms with Crippen molar-refractivity contribution in [2.75, 3.05) is 44.7 Å². The van der Waals surface area contributed by atoms with E-state index >= 15 is 4.39 Å². The molecule has 1 saturated heterocycles. The van der Waals surface area contributed by atoms with Crippen molar-refractivity contribution >= 4 is 22.8 Å². The third-order valence-corrected chi connectivity index (χ3v) is 8.38. The van der Waals surface area contributed by atoms with E-state index in [0.717, 1.165) is 83.8 Å². The van der Waals surface area contributed by atoms with Crippen LogP contribution in [-0.4, -0.2) is 70.3 Å². The summed E-state index contributed by atoms with van der Waals surface area (Å²) >= 11 is 0. The molecule has 4 aromatic rings. The Morgan fingerprint density at radius 2 is 1.90 bits per heavy atom. The molecule has 9 heteroatoms. The molecule has 3 aromatic heterocycles. The predicted molar refractivity (Wildman–Crippen MR) is 154 cm³/mol. The lowest BCUT2D eigenvalue weighted by molar-refractivity contribution is -0.136. The normalized spacial score (nSPS) is 15.8. The highest BCUT2D eigenvalue weighted by Gasteiger charge is 2.26. The minimum Gasteiger partial charge on any atom is -0.490 e. The van der Waals surface area contributed by atoms with Gasteiger partial charge in [0.15, 0.2) is 11.6 Å². The molecule has 8 nitrogen and oxygen atoms in total. The van der Waals surface area contributed by atoms with E-state index < -0.39 is 11.8 Å². The van der Waals surface area contributed by atoms with Crippen LogP contribution in [0.4, 0.5) is 10.2 Å². The van der Waals surface area contributed by atoms with Gasteiger partial charge in [0.1, 0.15) is 11.5 Å². The number of likely N-dealkylation sites (N-methyl/N-ethyl adjacent to an activating group) is 1. The number of ether oxygens (including phenoxy) is 1. The van der Waals surface area contributed by atoms with Crippen LogP contribution in [0.3, 0.4) is 0 Å². The van der Waals surface area contributed by atoms with Gasteiger partial charge in [0.2, 0.25) is 0 Å². The zero-order valence-corrected chi connectivity index (χ0v) is 23.4. The topological polar surface area (TPSA) is 83.7 Å². The molecular formula is C31H34FN5O3. The van der Waals surface area contributed by atoms with Crippen molar-refractivity contribution < 1.29 is 19.0 Å². The number of fused-ring (bicyclic) bond motifs is 2. The van der Waals surface area contributed by atoms with Gasteiger partial charge in [-0.15, -0.1) is 0 Å². The van der Waals surface area contributed by atoms with Crippen LogP contribution >= 0.6 is 0 Å². The van der Waals surface area contributed by atoms with E-state index in [1.165, 1.54) is 6.07 Å². The Balaban J connectivity index is 1.56. The summed E-state index contributed by atoms with van der Waals surface area (Å²) in [4.78, 5) is 26.1. The second-order valence-electron chi connectivity index (χ2n) is 10.9. The molecule has 0 aliphatic carbocycles. The van der Waals surface area contributed by atoms with Gasteiger partial charge in [0.25, 0.3) is 0 Å². The van der Waals surface area contributed by atoms with Crippen LogP contribution in [0.1, 0.15) is 28.8 Å². The number of halogens is 1. The molecule has 1 N–H and O–H groups in total. The molecule has 2 aliphatic rings. The van der Waals surface area contributed by atoms with E-state index in [2.05, 4.69) is 34.0 Å². The summed E-state index contributed by atoms with van der Waals surface area (Å²) in [5.41, 5.74) is 7.08. The fourth-order valence-corrected chi connectivity index (χ4v) is 6.14. The standard InChI is InChI=1S/C31H34FN5O3/c1-18-21-6-5-13-40-30(21)25(32)15-22(18)29-23(17-28(38)39)19(2)34-31-24(29)16-26(36(31)4)20-7-8-33-27(14-20)37-11-9-35(3)10-12-37/h7-8,14-16H,5-6,9-13,17H2,1-4H3,(H,38,39). The number of anilines is 1. The maximum atomic E-state index is 15.4. The van der Waals surface area contributed by atoms with Crippen LogP contribution in [-0.2, 0) is 24.7 Å². The minimum atomic E-state index is -0.952. The molecule has 40 heavy (non-hydrogen) atoms. The van der Waals surface area contributed by atoms with Crippen molar-refractivity contribution in [1.82, 2.24) is 19.4 Å². The fourth-order valence-electron chi connectivity index (χ4n) is 6.14. The largest absolute Gasteiger partial charge is 0.490 e. The Bertz CT molecular complexity index is 1640. The monoisotopic (exact) mass is 543 g/mol. The van der Waals surface area contributed by atoms with Crippen LogP contribution in [0.15, 0.2) is 30.5 Å². The van der Waals surface area contributed by atoms with Gasteiger partial charge in [-0.05, 0) is 80.3 Å². The summed E-state index contributed by atoms with van der Waals surface area (Å²) in [6, 6.07) is 7.65. The zero-order chi connectivity index (χ0) is 28.1. The predicted octanol–water partition coefficient (Wildman–Crippen LogP) is 4.76. The summed E-state index contributed by atoms with van der Waals surface area (Å²) in [6.07, 6.45) is 3.17. The molecule has 5 heterocycles. The maximum Gasteiger partial charge on any atom is 0.307 e. The first-order chi connectivity index (χ1) is 19.2. The quantitative estimate of drug-likeness (QED) is 0.389. The first kappa shape index (κ1) is 26.3. The number of hydrogen-bond donors (Lipinski definition) is 1. The Morgan fingerprint density at radius 3 is 2.65 bits per heavy atom. The Morgan fingerprint density at radius 1 is 1.12 bits per heavy atom. The minimum absolute atomic E-state index is 0.203. The summed E-state index contributed by atoms with van der Waals surface area (Å²) in [6.45, 7) is 8.11. The number of rotatable bonds is 5. The van der Waals surface area contributed by atoms with Gasteiger partial charge >= 0.3 is 5.97 Å². The van der Waals surface area contributed by atoms with Gasteiger partial charge in [0.05, 0.1) is 18.7 Å². The lowest BCUT2D eigenvalue weighted by Crippen LogP contribution is -2.44. The van der Waals surface area contributed by atoms with E-state index in [-0.39, 0.29) is 6.42 Å². The van der Waals surface area contributed by atoms with Crippen LogP contribution < -0.4 is 9.64 Å². The van der Waals surface area contributed by atoms with Crippen molar-refractivity contribution in [3.63, 3.8) is 0 Å². The van der Waals surface area contributed by atoms with E-state index in [9.17, 15) is 9.90 Å². The second kappa shape index (κ2) is 10.2. The Kier molecular flexibility index (Phi) is 6.70. The SMILES string of the molecule is Cc1nc2c(cc(-c3ccnc(N4CCN(C)CC4)c3)n2C)c(-c2cc(F)c3c(c2C)CCCO3)c1CC(=O)O. The highest BCUT2D eigenvalue weighted by molar-refractivity contribution is 6.01. The van der Waals surface area contributed by atoms with Gasteiger partial charge in [-0.3, -0.25) is 4.79 Å². The van der Waals surface area contributed by atoms with E-state index in [1.807, 2.05) is 37.7 Å². The van der Waals surface area contributed by atoms with E-state index in [0.29, 0.717) is 29.2 Å². The van der Waals surface area contributed by atoms with E-state index in [4.69, 9.17) is 9.72 Å². The number of carboxylic acid groups (broad SMARTS) is 1. The van der Waals surface area contributed by atoms with E-state index in [1.54, 1.807) is 0 Å². The number of benzene rings is 1. The van der Waals surface area contributed by atoms with Gasteiger partial charge < -0.3 is 24.2 Å². The average Bonchev–Trinajstić information content (AvgIpc) is 3.27. The summed E-state index contributed by atoms with van der Waals surface area (Å²) in [5, 5.41) is 10.6. The molecule has 0 saturated carbocycles. The lowest BCUT2D eigenvalue weighted by atomic mass is 9.87. The van der Waals surface area contributed by atoms with Crippen molar-refractivity contribution in [3.8, 4) is 28.1 Å². The molecule has 208 valence electrons. The van der Waals surface area contributed by atoms with Crippen LogP contribution in [0.25, 0.3) is 33.4 Å². The van der Waals surface area contributed by atoms with Crippen LogP contribution in [0.5, 0.6) is 5.75 Å². The molecule has 0 amide bonds. The highest BCUT2D eigenvalue weighted by Crippen LogP contribution is 2.43. The van der Waals surface area contributed by atoms with Crippen LogP contribution in [0.2, 0.25) is 0 Å². The molecule has 0 spiro atoms.